The topological polar surface area (TPSA) is 63.0 Å². The molecule has 1 aliphatic heterocycles. The number of hydrogen-bond donors (Lipinski definition) is 0. The SMILES string of the molecule is CC(=O)c1c(OCCCN2CCN(c3cc(C)cc(C)c3)CC2)ccc2c(C)cc(=O)oc12. The van der Waals surface area contributed by atoms with Crippen molar-refractivity contribution in [2.45, 2.75) is 34.1 Å². The van der Waals surface area contributed by atoms with Gasteiger partial charge in [-0.25, -0.2) is 4.79 Å². The van der Waals surface area contributed by atoms with Gasteiger partial charge in [0, 0.05) is 49.9 Å². The van der Waals surface area contributed by atoms with Crippen LogP contribution in [0.2, 0.25) is 0 Å². The summed E-state index contributed by atoms with van der Waals surface area (Å²) in [6.07, 6.45) is 0.858. The van der Waals surface area contributed by atoms with Gasteiger partial charge < -0.3 is 14.1 Å². The van der Waals surface area contributed by atoms with Gasteiger partial charge in [0.05, 0.1) is 6.61 Å². The van der Waals surface area contributed by atoms with Crippen molar-refractivity contribution in [3.8, 4) is 5.75 Å². The van der Waals surface area contributed by atoms with Crippen LogP contribution in [0, 0.1) is 20.8 Å². The van der Waals surface area contributed by atoms with E-state index in [1.807, 2.05) is 13.0 Å². The number of nitrogens with zero attached hydrogens (tertiary/aromatic N) is 2. The standard InChI is InChI=1S/C27H32N2O4/c1-18-14-19(2)16-22(15-18)29-11-9-28(10-12-29)8-5-13-32-24-7-6-23-20(3)17-25(31)33-27(23)26(24)21(4)30/h6-7,14-17H,5,8-13H2,1-4H3. The molecule has 0 radical (unpaired) electrons. The number of hydrogen-bond acceptors (Lipinski definition) is 6. The minimum absolute atomic E-state index is 0.174. The Morgan fingerprint density at radius 3 is 2.36 bits per heavy atom. The van der Waals surface area contributed by atoms with Gasteiger partial charge in [0.25, 0.3) is 0 Å². The summed E-state index contributed by atoms with van der Waals surface area (Å²) in [4.78, 5) is 29.1. The van der Waals surface area contributed by atoms with Gasteiger partial charge in [0.2, 0.25) is 0 Å². The zero-order valence-corrected chi connectivity index (χ0v) is 19.9. The highest BCUT2D eigenvalue weighted by Crippen LogP contribution is 2.29. The monoisotopic (exact) mass is 448 g/mol. The van der Waals surface area contributed by atoms with Gasteiger partial charge in [-0.1, -0.05) is 6.07 Å². The number of piperazine rings is 1. The largest absolute Gasteiger partial charge is 0.493 e. The van der Waals surface area contributed by atoms with Crippen LogP contribution in [0.25, 0.3) is 11.0 Å². The lowest BCUT2D eigenvalue weighted by molar-refractivity contribution is 0.101. The minimum atomic E-state index is -0.459. The van der Waals surface area contributed by atoms with Crippen molar-refractivity contribution in [3.63, 3.8) is 0 Å². The molecule has 2 heterocycles. The highest BCUT2D eigenvalue weighted by Gasteiger charge is 2.19. The van der Waals surface area contributed by atoms with E-state index in [1.54, 1.807) is 6.07 Å². The molecule has 3 aromatic rings. The third kappa shape index (κ3) is 5.28. The first-order valence-corrected chi connectivity index (χ1v) is 11.6. The third-order valence-electron chi connectivity index (χ3n) is 6.25. The second kappa shape index (κ2) is 9.79. The lowest BCUT2D eigenvalue weighted by atomic mass is 10.0. The van der Waals surface area contributed by atoms with E-state index in [1.165, 1.54) is 29.8 Å². The molecule has 0 aliphatic carbocycles. The molecular formula is C27H32N2O4. The number of carbonyl (C=O) groups is 1. The molecule has 2 aromatic carbocycles. The molecule has 174 valence electrons. The maximum Gasteiger partial charge on any atom is 0.336 e. The number of benzene rings is 2. The maximum atomic E-state index is 12.3. The quantitative estimate of drug-likeness (QED) is 0.301. The van der Waals surface area contributed by atoms with Crippen molar-refractivity contribution >= 4 is 22.4 Å². The number of Topliss-reactive ketones (excluding diaryl/α,β-unsaturated/α-hetero) is 1. The molecule has 0 atom stereocenters. The molecule has 0 N–H and O–H groups in total. The molecule has 1 saturated heterocycles. The summed E-state index contributed by atoms with van der Waals surface area (Å²) in [7, 11) is 0. The molecular weight excluding hydrogens is 416 g/mol. The van der Waals surface area contributed by atoms with Crippen molar-refractivity contribution in [2.24, 2.45) is 0 Å². The lowest BCUT2D eigenvalue weighted by Crippen LogP contribution is -2.46. The van der Waals surface area contributed by atoms with Crippen LogP contribution in [0.4, 0.5) is 5.69 Å². The molecule has 0 bridgehead atoms. The summed E-state index contributed by atoms with van der Waals surface area (Å²) >= 11 is 0. The number of aryl methyl sites for hydroxylation is 3. The van der Waals surface area contributed by atoms with Crippen LogP contribution < -0.4 is 15.3 Å². The van der Waals surface area contributed by atoms with Crippen molar-refractivity contribution in [1.29, 1.82) is 0 Å². The van der Waals surface area contributed by atoms with E-state index in [0.29, 0.717) is 23.5 Å². The van der Waals surface area contributed by atoms with Crippen LogP contribution >= 0.6 is 0 Å². The fraction of sp³-hybridized carbons (Fsp3) is 0.407. The summed E-state index contributed by atoms with van der Waals surface area (Å²) in [5.74, 6) is 0.301. The molecule has 6 heteroatoms. The number of anilines is 1. The van der Waals surface area contributed by atoms with E-state index in [2.05, 4.69) is 41.8 Å². The molecule has 33 heavy (non-hydrogen) atoms. The number of rotatable bonds is 7. The zero-order chi connectivity index (χ0) is 23.5. The minimum Gasteiger partial charge on any atom is -0.493 e. The number of fused-ring (bicyclic) bond motifs is 1. The van der Waals surface area contributed by atoms with Crippen LogP contribution in [0.15, 0.2) is 45.6 Å². The first-order chi connectivity index (χ1) is 15.8. The second-order valence-electron chi connectivity index (χ2n) is 9.00. The number of carbonyl (C=O) groups excluding carboxylic acids is 1. The molecule has 6 nitrogen and oxygen atoms in total. The molecule has 1 aromatic heterocycles. The number of ether oxygens (including phenoxy) is 1. The van der Waals surface area contributed by atoms with Crippen LogP contribution in [0.5, 0.6) is 5.75 Å². The second-order valence-corrected chi connectivity index (χ2v) is 9.00. The summed E-state index contributed by atoms with van der Waals surface area (Å²) in [6.45, 7) is 13.1. The Labute approximate surface area is 194 Å². The Kier molecular flexibility index (Phi) is 6.84. The Morgan fingerprint density at radius 2 is 1.70 bits per heavy atom. The smallest absolute Gasteiger partial charge is 0.336 e. The van der Waals surface area contributed by atoms with E-state index in [9.17, 15) is 9.59 Å². The van der Waals surface area contributed by atoms with E-state index in [-0.39, 0.29) is 5.78 Å². The fourth-order valence-electron chi connectivity index (χ4n) is 4.65. The van der Waals surface area contributed by atoms with E-state index >= 15 is 0 Å². The summed E-state index contributed by atoms with van der Waals surface area (Å²) in [6, 6.07) is 11.8. The molecule has 4 rings (SSSR count). The van der Waals surface area contributed by atoms with Gasteiger partial charge in [-0.3, -0.25) is 9.69 Å². The summed E-state index contributed by atoms with van der Waals surface area (Å²) in [5.41, 5.74) is 4.90. The Hall–Kier alpha value is -3.12. The maximum absolute atomic E-state index is 12.3. The first kappa shape index (κ1) is 23.1. The molecule has 0 amide bonds. The van der Waals surface area contributed by atoms with Gasteiger partial charge in [-0.15, -0.1) is 0 Å². The average molecular weight is 449 g/mol. The molecule has 0 spiro atoms. The van der Waals surface area contributed by atoms with Crippen molar-refractivity contribution in [2.75, 3.05) is 44.2 Å². The average Bonchev–Trinajstić information content (AvgIpc) is 2.75. The third-order valence-corrected chi connectivity index (χ3v) is 6.25. The lowest BCUT2D eigenvalue weighted by Gasteiger charge is -2.36. The van der Waals surface area contributed by atoms with Crippen LogP contribution in [-0.4, -0.2) is 50.0 Å². The van der Waals surface area contributed by atoms with Gasteiger partial charge in [0.15, 0.2) is 11.4 Å². The van der Waals surface area contributed by atoms with Crippen LogP contribution in [-0.2, 0) is 0 Å². The Balaban J connectivity index is 1.33. The van der Waals surface area contributed by atoms with E-state index < -0.39 is 5.63 Å². The number of ketones is 1. The molecule has 1 fully saturated rings. The van der Waals surface area contributed by atoms with Gasteiger partial charge in [0.1, 0.15) is 11.3 Å². The van der Waals surface area contributed by atoms with Crippen molar-refractivity contribution in [3.05, 3.63) is 69.1 Å². The molecule has 0 unspecified atom stereocenters. The summed E-state index contributed by atoms with van der Waals surface area (Å²) < 4.78 is 11.3. The normalized spacial score (nSPS) is 14.6. The van der Waals surface area contributed by atoms with Crippen molar-refractivity contribution in [1.82, 2.24) is 4.90 Å². The highest BCUT2D eigenvalue weighted by atomic mass is 16.5. The van der Waals surface area contributed by atoms with Gasteiger partial charge in [-0.05, 0) is 75.1 Å². The zero-order valence-electron chi connectivity index (χ0n) is 19.9. The molecule has 0 saturated carbocycles. The predicted molar refractivity (Wildman–Crippen MR) is 132 cm³/mol. The van der Waals surface area contributed by atoms with Gasteiger partial charge in [-0.2, -0.15) is 0 Å². The van der Waals surface area contributed by atoms with E-state index in [0.717, 1.165) is 50.1 Å². The van der Waals surface area contributed by atoms with Crippen molar-refractivity contribution < 1.29 is 13.9 Å². The van der Waals surface area contributed by atoms with Crippen LogP contribution in [0.1, 0.15) is 40.4 Å². The van der Waals surface area contributed by atoms with E-state index in [4.69, 9.17) is 9.15 Å². The fourth-order valence-corrected chi connectivity index (χ4v) is 4.65. The predicted octanol–water partition coefficient (Wildman–Crippen LogP) is 4.51. The Morgan fingerprint density at radius 1 is 1.00 bits per heavy atom. The van der Waals surface area contributed by atoms with Crippen LogP contribution in [0.3, 0.4) is 0 Å². The highest BCUT2D eigenvalue weighted by molar-refractivity contribution is 6.07. The van der Waals surface area contributed by atoms with Gasteiger partial charge >= 0.3 is 5.63 Å². The summed E-state index contributed by atoms with van der Waals surface area (Å²) in [5, 5.41) is 0.758. The Bertz CT molecular complexity index is 1200. The molecule has 1 aliphatic rings. The first-order valence-electron chi connectivity index (χ1n) is 11.6.